The first-order valence-electron chi connectivity index (χ1n) is 23.1. The molecule has 0 fully saturated rings. The number of rotatable bonds is 9. The molecule has 0 bridgehead atoms. The van der Waals surface area contributed by atoms with E-state index >= 15 is 0 Å². The van der Waals surface area contributed by atoms with Crippen molar-refractivity contribution in [2.75, 3.05) is 0 Å². The van der Waals surface area contributed by atoms with Crippen molar-refractivity contribution in [1.29, 1.82) is 0 Å². The quantitative estimate of drug-likeness (QED) is 0.147. The topological polar surface area (TPSA) is 50.9 Å². The standard InChI is InChI=1S/C55H54N3O.Pt/c1-9-36(10-2)39-24-27-51(59)47(33-39)53-57-52-45(22-17-23-50(52)58(53)49-26-25-43(54(3,4)5)35-46(49)38-20-15-12-16-21-38)41-30-42(32-44(31-41)55(6,7)8)48-34-40(28-29-56-48)37-18-13-11-14-19-37;/h11-29,31-36,59H,9-10H2,1-8H3;/q-1;/i11D,13D,14D,18D,19D;. The van der Waals surface area contributed by atoms with Crippen LogP contribution in [0, 0.1) is 6.07 Å². The Hall–Kier alpha value is -5.57. The predicted molar refractivity (Wildman–Crippen MR) is 247 cm³/mol. The Morgan fingerprint density at radius 3 is 2.08 bits per heavy atom. The van der Waals surface area contributed by atoms with Crippen LogP contribution in [0.3, 0.4) is 0 Å². The van der Waals surface area contributed by atoms with Gasteiger partial charge in [-0.05, 0) is 93.8 Å². The van der Waals surface area contributed by atoms with Crippen molar-refractivity contribution in [2.45, 2.75) is 85.0 Å². The number of hydrogen-bond donors (Lipinski definition) is 1. The molecule has 0 unspecified atom stereocenters. The van der Waals surface area contributed by atoms with Crippen LogP contribution in [0.25, 0.3) is 72.7 Å². The maximum absolute atomic E-state index is 11.8. The first-order chi connectivity index (χ1) is 30.4. The first-order valence-corrected chi connectivity index (χ1v) is 20.6. The van der Waals surface area contributed by atoms with Gasteiger partial charge in [-0.3, -0.25) is 9.55 Å². The van der Waals surface area contributed by atoms with E-state index in [1.165, 1.54) is 5.56 Å². The molecule has 0 saturated carbocycles. The van der Waals surface area contributed by atoms with Gasteiger partial charge in [-0.2, -0.15) is 0 Å². The summed E-state index contributed by atoms with van der Waals surface area (Å²) in [7, 11) is 0. The van der Waals surface area contributed by atoms with Crippen LogP contribution in [0.5, 0.6) is 5.75 Å². The van der Waals surface area contributed by atoms with Gasteiger partial charge in [0.25, 0.3) is 0 Å². The molecule has 8 aromatic rings. The van der Waals surface area contributed by atoms with Gasteiger partial charge in [-0.1, -0.05) is 157 Å². The number of phenolic OH excluding ortho intramolecular Hbond substituents is 1. The molecule has 0 saturated heterocycles. The van der Waals surface area contributed by atoms with E-state index in [0.717, 1.165) is 62.9 Å². The van der Waals surface area contributed by atoms with Crippen LogP contribution in [0.1, 0.15) is 97.7 Å². The average Bonchev–Trinajstić information content (AvgIpc) is 3.67. The Morgan fingerprint density at radius 2 is 1.38 bits per heavy atom. The van der Waals surface area contributed by atoms with E-state index in [4.69, 9.17) is 16.8 Å². The molecule has 0 atom stereocenters. The summed E-state index contributed by atoms with van der Waals surface area (Å²) in [4.78, 5) is 10.3. The van der Waals surface area contributed by atoms with Gasteiger partial charge < -0.3 is 5.11 Å². The molecule has 0 spiro atoms. The van der Waals surface area contributed by atoms with E-state index in [0.29, 0.717) is 34.1 Å². The van der Waals surface area contributed by atoms with Crippen LogP contribution in [0.2, 0.25) is 0 Å². The van der Waals surface area contributed by atoms with Crippen molar-refractivity contribution in [2.24, 2.45) is 0 Å². The summed E-state index contributed by atoms with van der Waals surface area (Å²) in [5.74, 6) is 1.09. The largest absolute Gasteiger partial charge is 0.507 e. The smallest absolute Gasteiger partial charge is 0.148 e. The minimum Gasteiger partial charge on any atom is -0.507 e. The third-order valence-electron chi connectivity index (χ3n) is 11.4. The number of imidazole rings is 1. The van der Waals surface area contributed by atoms with E-state index in [-0.39, 0.29) is 67.4 Å². The number of fused-ring (bicyclic) bond motifs is 1. The van der Waals surface area contributed by atoms with Crippen molar-refractivity contribution >= 4 is 11.0 Å². The average molecular weight is 973 g/mol. The van der Waals surface area contributed by atoms with Gasteiger partial charge in [0.05, 0.1) is 29.1 Å². The van der Waals surface area contributed by atoms with Gasteiger partial charge in [0, 0.05) is 38.5 Å². The molecule has 0 aliphatic heterocycles. The number of hydrogen-bond acceptors (Lipinski definition) is 3. The van der Waals surface area contributed by atoms with Crippen molar-refractivity contribution in [3.63, 3.8) is 0 Å². The van der Waals surface area contributed by atoms with Crippen LogP contribution in [-0.2, 0) is 31.9 Å². The van der Waals surface area contributed by atoms with E-state index in [2.05, 4.69) is 139 Å². The molecule has 6 aromatic carbocycles. The minimum atomic E-state index is -0.434. The van der Waals surface area contributed by atoms with E-state index in [9.17, 15) is 5.11 Å². The van der Waals surface area contributed by atoms with Crippen molar-refractivity contribution in [3.8, 4) is 67.5 Å². The summed E-state index contributed by atoms with van der Waals surface area (Å²) in [6, 6.07) is 38.8. The predicted octanol–water partition coefficient (Wildman–Crippen LogP) is 14.8. The molecule has 0 amide bonds. The molecule has 2 aromatic heterocycles. The molecule has 0 aliphatic carbocycles. The summed E-state index contributed by atoms with van der Waals surface area (Å²) in [5.41, 5.74) is 11.7. The van der Waals surface area contributed by atoms with Gasteiger partial charge in [0.2, 0.25) is 0 Å². The van der Waals surface area contributed by atoms with Crippen molar-refractivity contribution in [3.05, 3.63) is 168 Å². The SMILES string of the molecule is [2H]c1c([2H])c([2H])c(-c2ccnc(-c3[c-]c(-c4cccc5c4nc(-c4cc(C(CC)CC)ccc4O)n5-c4ccc(C(C)(C)C)cc4-c4ccccc4)cc(C(C)(C)C)c3)c2)c([2H])c1[2H].[Pt]. The second-order valence-electron chi connectivity index (χ2n) is 17.5. The van der Waals surface area contributed by atoms with Gasteiger partial charge in [0.15, 0.2) is 0 Å². The van der Waals surface area contributed by atoms with Gasteiger partial charge >= 0.3 is 0 Å². The Balaban J connectivity index is 0.00000630. The summed E-state index contributed by atoms with van der Waals surface area (Å²) in [5, 5.41) is 11.8. The van der Waals surface area contributed by atoms with Crippen LogP contribution >= 0.6 is 0 Å². The number of pyridine rings is 1. The number of para-hydroxylation sites is 1. The third-order valence-corrected chi connectivity index (χ3v) is 11.4. The van der Waals surface area contributed by atoms with Crippen LogP contribution in [0.4, 0.5) is 0 Å². The van der Waals surface area contributed by atoms with Crippen LogP contribution < -0.4 is 0 Å². The first kappa shape index (κ1) is 36.3. The fourth-order valence-electron chi connectivity index (χ4n) is 7.95. The molecule has 2 heterocycles. The molecule has 0 radical (unpaired) electrons. The summed E-state index contributed by atoms with van der Waals surface area (Å²) < 4.78 is 44.3. The van der Waals surface area contributed by atoms with Gasteiger partial charge in [-0.15, -0.1) is 29.3 Å². The summed E-state index contributed by atoms with van der Waals surface area (Å²) in [6.07, 6.45) is 3.54. The Bertz CT molecular complexity index is 3040. The molecule has 4 nitrogen and oxygen atoms in total. The maximum Gasteiger partial charge on any atom is 0.148 e. The molecular formula is C55H54N3OPt-. The molecule has 306 valence electrons. The fourth-order valence-corrected chi connectivity index (χ4v) is 7.95. The van der Waals surface area contributed by atoms with Crippen LogP contribution in [-0.4, -0.2) is 19.6 Å². The number of nitrogens with zero attached hydrogens (tertiary/aromatic N) is 3. The van der Waals surface area contributed by atoms with E-state index in [1.54, 1.807) is 24.4 Å². The zero-order valence-electron chi connectivity index (χ0n) is 40.6. The number of aromatic hydroxyl groups is 1. The third kappa shape index (κ3) is 8.41. The van der Waals surface area contributed by atoms with E-state index < -0.39 is 6.04 Å². The monoisotopic (exact) mass is 972 g/mol. The summed E-state index contributed by atoms with van der Waals surface area (Å²) >= 11 is 0. The number of phenols is 1. The molecule has 1 N–H and O–H groups in total. The van der Waals surface area contributed by atoms with Crippen LogP contribution in [0.15, 0.2) is 146 Å². The van der Waals surface area contributed by atoms with Gasteiger partial charge in [-0.25, -0.2) is 4.98 Å². The summed E-state index contributed by atoms with van der Waals surface area (Å²) in [6.45, 7) is 17.5. The Kier molecular flexibility index (Phi) is 10.4. The Labute approximate surface area is 377 Å². The zero-order chi connectivity index (χ0) is 45.8. The number of aromatic nitrogens is 3. The molecule has 8 rings (SSSR count). The normalized spacial score (nSPS) is 13.1. The number of benzene rings is 6. The minimum absolute atomic E-state index is 0. The van der Waals surface area contributed by atoms with Crippen molar-refractivity contribution in [1.82, 2.24) is 14.5 Å². The molecule has 5 heteroatoms. The van der Waals surface area contributed by atoms with Crippen molar-refractivity contribution < 1.29 is 33.0 Å². The zero-order valence-corrected chi connectivity index (χ0v) is 37.8. The Morgan fingerprint density at radius 1 is 0.667 bits per heavy atom. The second kappa shape index (κ2) is 17.2. The second-order valence-corrected chi connectivity index (χ2v) is 17.5. The fraction of sp³-hybridized carbons (Fsp3) is 0.236. The maximum atomic E-state index is 11.8. The molecular weight excluding hydrogens is 914 g/mol. The van der Waals surface area contributed by atoms with Gasteiger partial charge in [0.1, 0.15) is 11.6 Å². The molecule has 60 heavy (non-hydrogen) atoms. The van der Waals surface area contributed by atoms with E-state index in [1.807, 2.05) is 18.2 Å². The molecule has 0 aliphatic rings.